The highest BCUT2D eigenvalue weighted by atomic mass is 127. The van der Waals surface area contributed by atoms with E-state index in [1.54, 1.807) is 16.2 Å². The Kier molecular flexibility index (Phi) is 3.15. The number of hydrogen-bond donors (Lipinski definition) is 1. The molecule has 2 rings (SSSR count). The van der Waals surface area contributed by atoms with Crippen LogP contribution in [0.25, 0.3) is 10.9 Å². The van der Waals surface area contributed by atoms with Gasteiger partial charge in [-0.15, -0.1) is 0 Å². The van der Waals surface area contributed by atoms with E-state index in [1.165, 1.54) is 9.12 Å². The van der Waals surface area contributed by atoms with Gasteiger partial charge in [0.05, 0.1) is 0 Å². The zero-order chi connectivity index (χ0) is 10.3. The van der Waals surface area contributed by atoms with Crippen molar-refractivity contribution in [2.45, 2.75) is 0 Å². The van der Waals surface area contributed by atoms with Crippen LogP contribution in [-0.4, -0.2) is 8.96 Å². The number of rotatable bonds is 1. The van der Waals surface area contributed by atoms with Crippen LogP contribution in [-0.2, 0) is 0 Å². The molecule has 0 atom stereocenters. The Morgan fingerprint density at radius 2 is 2.36 bits per heavy atom. The lowest BCUT2D eigenvalue weighted by Gasteiger charge is -1.98. The third-order valence-electron chi connectivity index (χ3n) is 1.79. The van der Waals surface area contributed by atoms with Gasteiger partial charge in [0.2, 0.25) is 0 Å². The molecular weight excluding hydrogens is 402 g/mol. The van der Waals surface area contributed by atoms with Crippen LogP contribution in [0.1, 0.15) is 0 Å². The average molecular weight is 405 g/mol. The molecule has 14 heavy (non-hydrogen) atoms. The van der Waals surface area contributed by atoms with Crippen LogP contribution in [0, 0.1) is 0 Å². The van der Waals surface area contributed by atoms with Crippen molar-refractivity contribution in [2.24, 2.45) is 0 Å². The number of halogens is 3. The van der Waals surface area contributed by atoms with Crippen molar-refractivity contribution >= 4 is 68.8 Å². The van der Waals surface area contributed by atoms with Crippen molar-refractivity contribution in [3.8, 4) is 0 Å². The lowest BCUT2D eigenvalue weighted by Crippen LogP contribution is -2.07. The molecule has 0 aliphatic rings. The van der Waals surface area contributed by atoms with Gasteiger partial charge in [0.25, 0.3) is 5.56 Å². The van der Waals surface area contributed by atoms with Crippen LogP contribution in [0.4, 0.5) is 0 Å². The fourth-order valence-electron chi connectivity index (χ4n) is 1.20. The molecule has 0 aromatic carbocycles. The summed E-state index contributed by atoms with van der Waals surface area (Å²) >= 11 is 11.4. The van der Waals surface area contributed by atoms with E-state index in [9.17, 15) is 4.79 Å². The Morgan fingerprint density at radius 3 is 3.00 bits per heavy atom. The van der Waals surface area contributed by atoms with E-state index in [0.717, 1.165) is 9.86 Å². The third-order valence-corrected chi connectivity index (χ3v) is 4.52. The van der Waals surface area contributed by atoms with Crippen molar-refractivity contribution < 1.29 is 0 Å². The first-order valence-electron chi connectivity index (χ1n) is 3.52. The highest BCUT2D eigenvalue weighted by Gasteiger charge is 2.12. The quantitative estimate of drug-likeness (QED) is 0.737. The maximum Gasteiger partial charge on any atom is 0.273 e. The van der Waals surface area contributed by atoms with Gasteiger partial charge in [-0.1, -0.05) is 11.6 Å². The van der Waals surface area contributed by atoms with Gasteiger partial charge < -0.3 is 4.98 Å². The first-order chi connectivity index (χ1) is 6.65. The molecule has 1 N–H and O–H groups in total. The van der Waals surface area contributed by atoms with E-state index >= 15 is 0 Å². The molecule has 0 saturated carbocycles. The Morgan fingerprint density at radius 1 is 1.64 bits per heavy atom. The number of nitrogens with one attached hydrogen (secondary N) is 1. The largest absolute Gasteiger partial charge is 0.326 e. The van der Waals surface area contributed by atoms with Crippen molar-refractivity contribution in [1.29, 1.82) is 0 Å². The second-order valence-corrected chi connectivity index (χ2v) is 5.48. The number of pyridine rings is 1. The minimum Gasteiger partial charge on any atom is -0.326 e. The van der Waals surface area contributed by atoms with Crippen molar-refractivity contribution in [3.63, 3.8) is 0 Å². The van der Waals surface area contributed by atoms with Gasteiger partial charge in [0, 0.05) is 46.4 Å². The highest BCUT2D eigenvalue weighted by molar-refractivity contribution is 14.2. The first-order valence-corrected chi connectivity index (χ1v) is 8.01. The van der Waals surface area contributed by atoms with E-state index < -0.39 is 0 Å². The average Bonchev–Trinajstić information content (AvgIpc) is 2.50. The summed E-state index contributed by atoms with van der Waals surface area (Å²) in [6.45, 7) is 0. The number of aromatic nitrogens is 2. The van der Waals surface area contributed by atoms with Crippen LogP contribution in [0.2, 0.25) is 5.15 Å². The molecule has 0 radical (unpaired) electrons. The highest BCUT2D eigenvalue weighted by Crippen LogP contribution is 2.32. The Bertz CT molecular complexity index is 552. The maximum atomic E-state index is 11.6. The Labute approximate surface area is 109 Å². The molecule has 0 bridgehead atoms. The topological polar surface area (TPSA) is 37.8 Å². The number of fused-ring (bicyclic) bond motifs is 1. The first kappa shape index (κ1) is 10.8. The summed E-state index contributed by atoms with van der Waals surface area (Å²) < 4.78 is 2.51. The number of H-pyrrole nitrogens is 1. The molecule has 74 valence electrons. The number of nitrogens with zero attached hydrogens (tertiary/aromatic N) is 1. The van der Waals surface area contributed by atoms with Crippen LogP contribution in [0.15, 0.2) is 21.5 Å². The minimum absolute atomic E-state index is 0.140. The molecular formula is C7H3BrClIN2OS. The van der Waals surface area contributed by atoms with Gasteiger partial charge in [-0.2, -0.15) is 0 Å². The smallest absolute Gasteiger partial charge is 0.273 e. The maximum absolute atomic E-state index is 11.6. The Hall–Kier alpha value is 0.340. The molecule has 0 unspecified atom stereocenters. The number of hydrogen-bond acceptors (Lipinski definition) is 2. The van der Waals surface area contributed by atoms with E-state index in [1.807, 2.05) is 0 Å². The summed E-state index contributed by atoms with van der Waals surface area (Å²) in [5.41, 5.74) is 0.433. The second kappa shape index (κ2) is 4.07. The molecule has 2 heterocycles. The zero-order valence-corrected chi connectivity index (χ0v) is 11.9. The molecule has 0 saturated heterocycles. The van der Waals surface area contributed by atoms with Crippen molar-refractivity contribution in [3.05, 3.63) is 32.2 Å². The van der Waals surface area contributed by atoms with Crippen molar-refractivity contribution in [1.82, 2.24) is 8.96 Å². The second-order valence-electron chi connectivity index (χ2n) is 2.56. The van der Waals surface area contributed by atoms with Crippen LogP contribution < -0.4 is 5.56 Å². The van der Waals surface area contributed by atoms with Crippen LogP contribution in [0.5, 0.6) is 0 Å². The van der Waals surface area contributed by atoms with Crippen LogP contribution >= 0.6 is 57.9 Å². The van der Waals surface area contributed by atoms with Gasteiger partial charge >= 0.3 is 0 Å². The summed E-state index contributed by atoms with van der Waals surface area (Å²) in [6.07, 6.45) is 1.61. The lowest BCUT2D eigenvalue weighted by molar-refractivity contribution is 1.23. The molecule has 2 aromatic heterocycles. The molecule has 2 aromatic rings. The molecule has 0 amide bonds. The summed E-state index contributed by atoms with van der Waals surface area (Å²) in [5, 5.41) is 1.36. The summed E-state index contributed by atoms with van der Waals surface area (Å²) in [6, 6.07) is 1.77. The molecule has 0 aliphatic heterocycles. The predicted octanol–water partition coefficient (Wildman–Crippen LogP) is 3.59. The summed E-state index contributed by atoms with van der Waals surface area (Å²) in [5.74, 6) is 0. The predicted molar refractivity (Wildman–Crippen MR) is 72.3 cm³/mol. The van der Waals surface area contributed by atoms with Gasteiger partial charge in [0.1, 0.15) is 10.7 Å². The normalized spacial score (nSPS) is 11.1. The zero-order valence-electron chi connectivity index (χ0n) is 6.55. The third kappa shape index (κ3) is 1.62. The van der Waals surface area contributed by atoms with E-state index in [0.29, 0.717) is 10.7 Å². The fourth-order valence-corrected chi connectivity index (χ4v) is 3.86. The molecule has 0 aliphatic carbocycles. The molecule has 0 fully saturated rings. The van der Waals surface area contributed by atoms with Gasteiger partial charge in [0.15, 0.2) is 0 Å². The molecule has 7 heteroatoms. The van der Waals surface area contributed by atoms with E-state index in [-0.39, 0.29) is 5.56 Å². The molecule has 0 spiro atoms. The van der Waals surface area contributed by atoms with E-state index in [2.05, 4.69) is 42.1 Å². The van der Waals surface area contributed by atoms with Crippen molar-refractivity contribution in [2.75, 3.05) is 0 Å². The summed E-state index contributed by atoms with van der Waals surface area (Å²) in [4.78, 5) is 14.2. The SMILES string of the molecule is O=c1[nH]cc(Br)c2cc(Cl)n(SI)c12. The number of aromatic amines is 1. The molecule has 3 nitrogen and oxygen atoms in total. The summed E-state index contributed by atoms with van der Waals surface area (Å²) in [7, 11) is 1.37. The van der Waals surface area contributed by atoms with E-state index in [4.69, 9.17) is 11.6 Å². The Balaban J connectivity index is 3.01. The van der Waals surface area contributed by atoms with Gasteiger partial charge in [-0.05, 0) is 22.0 Å². The lowest BCUT2D eigenvalue weighted by atomic mass is 10.3. The van der Waals surface area contributed by atoms with Gasteiger partial charge in [-0.25, -0.2) is 0 Å². The van der Waals surface area contributed by atoms with Crippen LogP contribution in [0.3, 0.4) is 0 Å². The fraction of sp³-hybridized carbons (Fsp3) is 0. The minimum atomic E-state index is -0.140. The standard InChI is InChI=1S/C7H3BrClIN2OS/c8-4-2-11-7(13)6-3(4)1-5(9)12(6)14-10/h1-2H,(H,11,13). The van der Waals surface area contributed by atoms with Gasteiger partial charge in [-0.3, -0.25) is 8.77 Å². The monoisotopic (exact) mass is 404 g/mol.